The van der Waals surface area contributed by atoms with Crippen molar-refractivity contribution < 1.29 is 9.53 Å². The summed E-state index contributed by atoms with van der Waals surface area (Å²) in [4.78, 5) is 29.6. The van der Waals surface area contributed by atoms with Gasteiger partial charge in [-0.2, -0.15) is 0 Å². The number of nitrogens with zero attached hydrogens (tertiary/aromatic N) is 4. The number of nitrogen functional groups attached to an aromatic ring is 1. The van der Waals surface area contributed by atoms with Crippen LogP contribution in [0.15, 0.2) is 42.9 Å². The monoisotopic (exact) mass is 417 g/mol. The van der Waals surface area contributed by atoms with Crippen molar-refractivity contribution in [2.45, 2.75) is 25.9 Å². The molecule has 31 heavy (non-hydrogen) atoms. The van der Waals surface area contributed by atoms with Crippen molar-refractivity contribution in [3.05, 3.63) is 54.2 Å². The highest BCUT2D eigenvalue weighted by atomic mass is 16.5. The van der Waals surface area contributed by atoms with Crippen molar-refractivity contribution in [3.8, 4) is 22.6 Å². The number of imidazole rings is 1. The molecule has 0 unspecified atom stereocenters. The van der Waals surface area contributed by atoms with Gasteiger partial charge in [-0.15, -0.1) is 0 Å². The number of fused-ring (bicyclic) bond motifs is 1. The second-order valence-electron chi connectivity index (χ2n) is 7.63. The van der Waals surface area contributed by atoms with Gasteiger partial charge < -0.3 is 25.2 Å². The molecule has 158 valence electrons. The summed E-state index contributed by atoms with van der Waals surface area (Å²) in [6, 6.07) is 7.60. The van der Waals surface area contributed by atoms with Crippen LogP contribution >= 0.6 is 0 Å². The molecule has 4 aromatic heterocycles. The predicted molar refractivity (Wildman–Crippen MR) is 116 cm³/mol. The second kappa shape index (κ2) is 7.84. The highest BCUT2D eigenvalue weighted by Gasteiger charge is 2.22. The number of aromatic nitrogens is 5. The van der Waals surface area contributed by atoms with E-state index >= 15 is 0 Å². The Kier molecular flexibility index (Phi) is 4.87. The fraction of sp³-hybridized carbons (Fsp3) is 0.273. The Hall–Kier alpha value is -3.72. The lowest BCUT2D eigenvalue weighted by molar-refractivity contribution is 0.0854. The summed E-state index contributed by atoms with van der Waals surface area (Å²) >= 11 is 0. The molecule has 4 aromatic rings. The van der Waals surface area contributed by atoms with Crippen LogP contribution in [0.25, 0.3) is 28.3 Å². The van der Waals surface area contributed by atoms with Gasteiger partial charge in [-0.3, -0.25) is 4.79 Å². The molecule has 0 aliphatic carbocycles. The SMILES string of the molecule is Cc1cnc2ccc(-c3nc(C(=O)NC[C@H]4CCCO4)c(N)nc3-c3ccc[nH]3)cn12. The normalized spacial score (nSPS) is 16.1. The van der Waals surface area contributed by atoms with Crippen LogP contribution in [0.1, 0.15) is 29.0 Å². The van der Waals surface area contributed by atoms with Gasteiger partial charge >= 0.3 is 0 Å². The van der Waals surface area contributed by atoms with Crippen LogP contribution in [0.4, 0.5) is 5.82 Å². The van der Waals surface area contributed by atoms with Gasteiger partial charge in [0.25, 0.3) is 5.91 Å². The smallest absolute Gasteiger partial charge is 0.273 e. The molecule has 9 heteroatoms. The fourth-order valence-corrected chi connectivity index (χ4v) is 3.82. The minimum Gasteiger partial charge on any atom is -0.382 e. The third-order valence-corrected chi connectivity index (χ3v) is 5.47. The van der Waals surface area contributed by atoms with Gasteiger partial charge in [0.1, 0.15) is 17.0 Å². The lowest BCUT2D eigenvalue weighted by Crippen LogP contribution is -2.33. The van der Waals surface area contributed by atoms with Crippen molar-refractivity contribution in [1.82, 2.24) is 29.7 Å². The Bertz CT molecular complexity index is 1240. The van der Waals surface area contributed by atoms with Crippen molar-refractivity contribution in [2.24, 2.45) is 0 Å². The van der Waals surface area contributed by atoms with Gasteiger partial charge in [0.2, 0.25) is 0 Å². The van der Waals surface area contributed by atoms with Gasteiger partial charge in [0, 0.05) is 43.0 Å². The first-order valence-electron chi connectivity index (χ1n) is 10.3. The summed E-state index contributed by atoms with van der Waals surface area (Å²) < 4.78 is 7.56. The van der Waals surface area contributed by atoms with Gasteiger partial charge in [-0.25, -0.2) is 15.0 Å². The Morgan fingerprint density at radius 3 is 3.00 bits per heavy atom. The Labute approximate surface area is 178 Å². The van der Waals surface area contributed by atoms with Crippen LogP contribution in [0.2, 0.25) is 0 Å². The molecule has 0 radical (unpaired) electrons. The molecule has 4 N–H and O–H groups in total. The van der Waals surface area contributed by atoms with Crippen LogP contribution in [-0.2, 0) is 4.74 Å². The lowest BCUT2D eigenvalue weighted by Gasteiger charge is -2.14. The van der Waals surface area contributed by atoms with E-state index in [-0.39, 0.29) is 23.5 Å². The number of H-pyrrole nitrogens is 1. The third-order valence-electron chi connectivity index (χ3n) is 5.47. The highest BCUT2D eigenvalue weighted by molar-refractivity contribution is 5.97. The third kappa shape index (κ3) is 3.64. The van der Waals surface area contributed by atoms with Gasteiger partial charge in [-0.1, -0.05) is 0 Å². The van der Waals surface area contributed by atoms with E-state index in [4.69, 9.17) is 10.5 Å². The molecule has 5 heterocycles. The summed E-state index contributed by atoms with van der Waals surface area (Å²) in [5.41, 5.74) is 10.8. The quantitative estimate of drug-likeness (QED) is 0.459. The molecular formula is C22H23N7O2. The van der Waals surface area contributed by atoms with E-state index in [1.165, 1.54) is 0 Å². The molecule has 1 aliphatic heterocycles. The number of nitrogens with two attached hydrogens (primary N) is 1. The number of hydrogen-bond acceptors (Lipinski definition) is 6. The van der Waals surface area contributed by atoms with E-state index < -0.39 is 0 Å². The molecule has 0 aromatic carbocycles. The molecule has 9 nitrogen and oxygen atoms in total. The van der Waals surface area contributed by atoms with Crippen LogP contribution in [-0.4, -0.2) is 49.5 Å². The summed E-state index contributed by atoms with van der Waals surface area (Å²) in [7, 11) is 0. The van der Waals surface area contributed by atoms with Crippen LogP contribution in [0.3, 0.4) is 0 Å². The van der Waals surface area contributed by atoms with Gasteiger partial charge in [0.15, 0.2) is 11.5 Å². The molecule has 1 atom stereocenters. The van der Waals surface area contributed by atoms with Gasteiger partial charge in [0.05, 0.1) is 11.8 Å². The molecular weight excluding hydrogens is 394 g/mol. The lowest BCUT2D eigenvalue weighted by atomic mass is 10.1. The number of amides is 1. The number of carbonyl (C=O) groups is 1. The summed E-state index contributed by atoms with van der Waals surface area (Å²) in [6.45, 7) is 3.13. The summed E-state index contributed by atoms with van der Waals surface area (Å²) in [6.07, 6.45) is 7.53. The summed E-state index contributed by atoms with van der Waals surface area (Å²) in [5.74, 6) is -0.280. The number of pyridine rings is 1. The highest BCUT2D eigenvalue weighted by Crippen LogP contribution is 2.30. The molecule has 0 saturated carbocycles. The topological polar surface area (TPSA) is 123 Å². The van der Waals surface area contributed by atoms with Crippen molar-refractivity contribution in [2.75, 3.05) is 18.9 Å². The van der Waals surface area contributed by atoms with E-state index in [0.717, 1.165) is 42.0 Å². The second-order valence-corrected chi connectivity index (χ2v) is 7.63. The van der Waals surface area contributed by atoms with E-state index in [1.54, 1.807) is 0 Å². The molecule has 5 rings (SSSR count). The van der Waals surface area contributed by atoms with Crippen molar-refractivity contribution in [3.63, 3.8) is 0 Å². The van der Waals surface area contributed by atoms with Gasteiger partial charge in [-0.05, 0) is 44.0 Å². The number of anilines is 1. The Morgan fingerprint density at radius 1 is 1.32 bits per heavy atom. The van der Waals surface area contributed by atoms with Crippen molar-refractivity contribution >= 4 is 17.4 Å². The zero-order valence-electron chi connectivity index (χ0n) is 17.1. The molecule has 0 spiro atoms. The first kappa shape index (κ1) is 19.3. The fourth-order valence-electron chi connectivity index (χ4n) is 3.82. The van der Waals surface area contributed by atoms with E-state index in [0.29, 0.717) is 17.9 Å². The predicted octanol–water partition coefficient (Wildman–Crippen LogP) is 2.59. The minimum atomic E-state index is -0.361. The molecule has 0 bridgehead atoms. The average molecular weight is 417 g/mol. The molecule has 1 fully saturated rings. The standard InChI is InChI=1S/C22H23N7O2/c1-13-10-25-17-7-6-14(12-29(13)17)18-19(16-5-2-8-24-16)28-21(23)20(27-18)22(30)26-11-15-4-3-9-31-15/h2,5-8,10,12,15,24H,3-4,9,11H2,1H3,(H2,23,28)(H,26,30)/t15-/m1/s1. The number of nitrogens with one attached hydrogen (secondary N) is 2. The van der Waals surface area contributed by atoms with E-state index in [2.05, 4.69) is 25.3 Å². The maximum absolute atomic E-state index is 12.9. The molecule has 1 amide bonds. The molecule has 1 aliphatic rings. The maximum Gasteiger partial charge on any atom is 0.273 e. The first-order chi connectivity index (χ1) is 15.1. The molecule has 1 saturated heterocycles. The number of ether oxygens (including phenoxy) is 1. The average Bonchev–Trinajstić information content (AvgIpc) is 3.55. The number of carbonyl (C=O) groups excluding carboxylic acids is 1. The number of hydrogen-bond donors (Lipinski definition) is 3. The van der Waals surface area contributed by atoms with Crippen LogP contribution in [0, 0.1) is 6.92 Å². The Morgan fingerprint density at radius 2 is 2.23 bits per heavy atom. The van der Waals surface area contributed by atoms with Crippen molar-refractivity contribution in [1.29, 1.82) is 0 Å². The number of rotatable bonds is 5. The van der Waals surface area contributed by atoms with E-state index in [9.17, 15) is 4.79 Å². The largest absolute Gasteiger partial charge is 0.382 e. The minimum absolute atomic E-state index is 0.0300. The zero-order valence-corrected chi connectivity index (χ0v) is 17.1. The first-order valence-corrected chi connectivity index (χ1v) is 10.3. The number of aromatic amines is 1. The maximum atomic E-state index is 12.9. The Balaban J connectivity index is 1.57. The van der Waals surface area contributed by atoms with E-state index in [1.807, 2.05) is 54.2 Å². The van der Waals surface area contributed by atoms with Crippen LogP contribution < -0.4 is 11.1 Å². The zero-order chi connectivity index (χ0) is 21.4. The van der Waals surface area contributed by atoms with Crippen LogP contribution in [0.5, 0.6) is 0 Å². The number of aryl methyl sites for hydroxylation is 1. The summed E-state index contributed by atoms with van der Waals surface area (Å²) in [5, 5.41) is 2.88.